The largest absolute Gasteiger partial charge is 0.497 e. The number of H-pyrrole nitrogens is 1. The van der Waals surface area contributed by atoms with E-state index in [1.165, 1.54) is 25.9 Å². The molecule has 1 fully saturated rings. The Morgan fingerprint density at radius 1 is 1.12 bits per heavy atom. The third-order valence-corrected chi connectivity index (χ3v) is 3.68. The Labute approximate surface area is 152 Å². The number of methoxy groups -OCH3 is 2. The first-order chi connectivity index (χ1) is 12.5. The number of aromatic nitrogens is 2. The highest BCUT2D eigenvalue weighted by molar-refractivity contribution is 5.99. The van der Waals surface area contributed by atoms with Crippen molar-refractivity contribution in [1.82, 2.24) is 15.5 Å². The Balaban J connectivity index is 0.000000417. The van der Waals surface area contributed by atoms with Gasteiger partial charge in [-0.25, -0.2) is 0 Å². The maximum absolute atomic E-state index is 11.3. The van der Waals surface area contributed by atoms with Crippen LogP contribution in [0.25, 0.3) is 0 Å². The standard InChI is InChI=1S/C14H14N4O3.C4H9N/c1-20-9-5-8(6-10(7-9)21-2)3-4-11-12(14(16)19)13(15)18-17-11;1-2-4-5-3-1/h5-7H,1-2H3,(H2,16,19)(H3,15,17,18);5H,1-4H2. The number of amides is 1. The number of nitrogens with zero attached hydrogens (tertiary/aromatic N) is 1. The monoisotopic (exact) mass is 357 g/mol. The highest BCUT2D eigenvalue weighted by atomic mass is 16.5. The van der Waals surface area contributed by atoms with Crippen LogP contribution >= 0.6 is 0 Å². The minimum atomic E-state index is -0.686. The molecular formula is C18H23N5O3. The number of aromatic amines is 1. The van der Waals surface area contributed by atoms with E-state index in [1.54, 1.807) is 32.4 Å². The molecule has 1 saturated heterocycles. The zero-order chi connectivity index (χ0) is 18.9. The minimum absolute atomic E-state index is 0.0232. The van der Waals surface area contributed by atoms with Crippen LogP contribution in [0.3, 0.4) is 0 Å². The number of hydrogen-bond acceptors (Lipinski definition) is 6. The molecule has 1 amide bonds. The molecule has 26 heavy (non-hydrogen) atoms. The zero-order valence-corrected chi connectivity index (χ0v) is 14.9. The summed E-state index contributed by atoms with van der Waals surface area (Å²) in [5.41, 5.74) is 11.8. The van der Waals surface area contributed by atoms with Crippen molar-refractivity contribution in [2.75, 3.05) is 33.0 Å². The smallest absolute Gasteiger partial charge is 0.255 e. The van der Waals surface area contributed by atoms with Gasteiger partial charge in [0, 0.05) is 11.6 Å². The molecule has 0 saturated carbocycles. The van der Waals surface area contributed by atoms with Crippen molar-refractivity contribution in [2.45, 2.75) is 12.8 Å². The summed E-state index contributed by atoms with van der Waals surface area (Å²) < 4.78 is 10.3. The van der Waals surface area contributed by atoms with E-state index >= 15 is 0 Å². The van der Waals surface area contributed by atoms with Crippen molar-refractivity contribution in [3.05, 3.63) is 35.0 Å². The summed E-state index contributed by atoms with van der Waals surface area (Å²) in [7, 11) is 3.10. The highest BCUT2D eigenvalue weighted by Gasteiger charge is 2.14. The molecule has 0 unspecified atom stereocenters. The Morgan fingerprint density at radius 2 is 1.73 bits per heavy atom. The van der Waals surface area contributed by atoms with Gasteiger partial charge in [-0.2, -0.15) is 5.10 Å². The van der Waals surface area contributed by atoms with E-state index in [4.69, 9.17) is 20.9 Å². The lowest BCUT2D eigenvalue weighted by molar-refractivity contribution is 0.100. The van der Waals surface area contributed by atoms with Gasteiger partial charge in [0.1, 0.15) is 22.8 Å². The molecule has 0 radical (unpaired) electrons. The normalized spacial score (nSPS) is 12.4. The molecular weight excluding hydrogens is 334 g/mol. The number of carbonyl (C=O) groups is 1. The quantitative estimate of drug-likeness (QED) is 0.604. The van der Waals surface area contributed by atoms with Crippen molar-refractivity contribution < 1.29 is 14.3 Å². The second-order valence-electron chi connectivity index (χ2n) is 5.53. The number of benzene rings is 1. The van der Waals surface area contributed by atoms with Gasteiger partial charge in [-0.05, 0) is 44.0 Å². The molecule has 1 aliphatic heterocycles. The number of nitrogens with two attached hydrogens (primary N) is 2. The van der Waals surface area contributed by atoms with E-state index in [0.29, 0.717) is 17.1 Å². The van der Waals surface area contributed by atoms with E-state index in [-0.39, 0.29) is 17.1 Å². The number of carbonyl (C=O) groups excluding carboxylic acids is 1. The Kier molecular flexibility index (Phi) is 6.88. The average molecular weight is 357 g/mol. The zero-order valence-electron chi connectivity index (χ0n) is 14.9. The fourth-order valence-electron chi connectivity index (χ4n) is 2.34. The van der Waals surface area contributed by atoms with E-state index < -0.39 is 5.91 Å². The van der Waals surface area contributed by atoms with Gasteiger partial charge in [-0.3, -0.25) is 9.89 Å². The van der Waals surface area contributed by atoms with Gasteiger partial charge in [0.25, 0.3) is 5.91 Å². The highest BCUT2D eigenvalue weighted by Crippen LogP contribution is 2.22. The van der Waals surface area contributed by atoms with Gasteiger partial charge in [0.2, 0.25) is 0 Å². The second-order valence-corrected chi connectivity index (χ2v) is 5.53. The van der Waals surface area contributed by atoms with Crippen molar-refractivity contribution in [1.29, 1.82) is 0 Å². The fraction of sp³-hybridized carbons (Fsp3) is 0.333. The van der Waals surface area contributed by atoms with Gasteiger partial charge >= 0.3 is 0 Å². The van der Waals surface area contributed by atoms with E-state index in [9.17, 15) is 4.79 Å². The summed E-state index contributed by atoms with van der Waals surface area (Å²) >= 11 is 0. The van der Waals surface area contributed by atoms with Crippen LogP contribution in [-0.2, 0) is 0 Å². The van der Waals surface area contributed by atoms with Crippen LogP contribution in [0.15, 0.2) is 18.2 Å². The van der Waals surface area contributed by atoms with Crippen LogP contribution in [0.1, 0.15) is 34.5 Å². The number of nitrogen functional groups attached to an aromatic ring is 1. The lowest BCUT2D eigenvalue weighted by Crippen LogP contribution is -2.13. The second kappa shape index (κ2) is 9.34. The Bertz CT molecular complexity index is 786. The van der Waals surface area contributed by atoms with Crippen molar-refractivity contribution in [2.24, 2.45) is 5.73 Å². The topological polar surface area (TPSA) is 128 Å². The first-order valence-corrected chi connectivity index (χ1v) is 8.14. The summed E-state index contributed by atoms with van der Waals surface area (Å²) in [5, 5.41) is 9.51. The molecule has 1 aliphatic rings. The summed E-state index contributed by atoms with van der Waals surface area (Å²) in [5.74, 6) is 6.20. The lowest BCUT2D eigenvalue weighted by atomic mass is 10.1. The van der Waals surface area contributed by atoms with Crippen LogP contribution < -0.4 is 26.3 Å². The van der Waals surface area contributed by atoms with Crippen LogP contribution in [0, 0.1) is 11.8 Å². The predicted molar refractivity (Wildman–Crippen MR) is 99.1 cm³/mol. The summed E-state index contributed by atoms with van der Waals surface area (Å²) in [4.78, 5) is 11.3. The average Bonchev–Trinajstić information content (AvgIpc) is 3.32. The maximum atomic E-state index is 11.3. The molecule has 0 bridgehead atoms. The SMILES string of the molecule is C1CCNC1.COc1cc(C#Cc2[nH]nc(N)c2C(N)=O)cc(OC)c1. The molecule has 0 atom stereocenters. The number of primary amides is 1. The molecule has 2 heterocycles. The molecule has 6 N–H and O–H groups in total. The Morgan fingerprint density at radius 3 is 2.19 bits per heavy atom. The summed E-state index contributed by atoms with van der Waals surface area (Å²) in [6, 6.07) is 5.20. The van der Waals surface area contributed by atoms with Gasteiger partial charge in [0.15, 0.2) is 5.82 Å². The number of rotatable bonds is 3. The number of hydrogen-bond donors (Lipinski definition) is 4. The van der Waals surface area contributed by atoms with Crippen LogP contribution in [0.4, 0.5) is 5.82 Å². The third kappa shape index (κ3) is 5.16. The molecule has 1 aromatic carbocycles. The van der Waals surface area contributed by atoms with E-state index in [2.05, 4.69) is 27.4 Å². The summed E-state index contributed by atoms with van der Waals surface area (Å²) in [6.07, 6.45) is 2.78. The van der Waals surface area contributed by atoms with Gasteiger partial charge in [-0.15, -0.1) is 0 Å². The van der Waals surface area contributed by atoms with Crippen molar-refractivity contribution >= 4 is 11.7 Å². The van der Waals surface area contributed by atoms with Crippen molar-refractivity contribution in [3.63, 3.8) is 0 Å². The van der Waals surface area contributed by atoms with Crippen LogP contribution in [0.5, 0.6) is 11.5 Å². The predicted octanol–water partition coefficient (Wildman–Crippen LogP) is 0.878. The third-order valence-electron chi connectivity index (χ3n) is 3.68. The number of anilines is 1. The number of ether oxygens (including phenoxy) is 2. The van der Waals surface area contributed by atoms with Gasteiger partial charge in [-0.1, -0.05) is 5.92 Å². The van der Waals surface area contributed by atoms with E-state index in [0.717, 1.165) is 0 Å². The minimum Gasteiger partial charge on any atom is -0.497 e. The lowest BCUT2D eigenvalue weighted by Gasteiger charge is -2.04. The molecule has 138 valence electrons. The molecule has 8 heteroatoms. The van der Waals surface area contributed by atoms with Crippen LogP contribution in [-0.4, -0.2) is 43.4 Å². The van der Waals surface area contributed by atoms with Crippen molar-refractivity contribution in [3.8, 4) is 23.3 Å². The fourth-order valence-corrected chi connectivity index (χ4v) is 2.34. The van der Waals surface area contributed by atoms with Gasteiger partial charge in [0.05, 0.1) is 14.2 Å². The first-order valence-electron chi connectivity index (χ1n) is 8.14. The molecule has 8 nitrogen and oxygen atoms in total. The van der Waals surface area contributed by atoms with Crippen LogP contribution in [0.2, 0.25) is 0 Å². The first kappa shape index (κ1) is 19.1. The molecule has 0 spiro atoms. The van der Waals surface area contributed by atoms with E-state index in [1.807, 2.05) is 0 Å². The number of nitrogens with one attached hydrogen (secondary N) is 2. The Hall–Kier alpha value is -3.18. The maximum Gasteiger partial charge on any atom is 0.255 e. The van der Waals surface area contributed by atoms with Gasteiger partial charge < -0.3 is 26.3 Å². The summed E-state index contributed by atoms with van der Waals surface area (Å²) in [6.45, 7) is 2.50. The molecule has 3 rings (SSSR count). The molecule has 1 aromatic heterocycles. The molecule has 0 aliphatic carbocycles. The molecule has 2 aromatic rings.